The summed E-state index contributed by atoms with van der Waals surface area (Å²) >= 11 is 0. The number of aromatic nitrogens is 1. The van der Waals surface area contributed by atoms with Gasteiger partial charge in [0.05, 0.1) is 24.2 Å². The molecule has 2 atom stereocenters. The number of hydrogen-bond donors (Lipinski definition) is 1. The average Bonchev–Trinajstić information content (AvgIpc) is 2.90. The number of piperazine rings is 1. The van der Waals surface area contributed by atoms with Crippen LogP contribution in [0.4, 0.5) is 5.69 Å². The van der Waals surface area contributed by atoms with E-state index in [1.54, 1.807) is 6.20 Å². The zero-order valence-electron chi connectivity index (χ0n) is 10.4. The van der Waals surface area contributed by atoms with Crippen molar-refractivity contribution in [1.29, 1.82) is 0 Å². The van der Waals surface area contributed by atoms with E-state index >= 15 is 0 Å². The minimum absolute atomic E-state index is 0.198. The largest absolute Gasteiger partial charge is 0.489 e. The molecule has 4 heteroatoms. The molecule has 0 aliphatic carbocycles. The summed E-state index contributed by atoms with van der Waals surface area (Å²) in [5.74, 6) is 0.869. The molecule has 3 heterocycles. The number of nitrogens with zero attached hydrogens (tertiary/aromatic N) is 2. The van der Waals surface area contributed by atoms with Crippen molar-refractivity contribution in [2.24, 2.45) is 0 Å². The number of ether oxygens (including phenoxy) is 1. The monoisotopic (exact) mass is 233 g/mol. The molecule has 0 saturated carbocycles. The summed E-state index contributed by atoms with van der Waals surface area (Å²) in [7, 11) is 0. The highest BCUT2D eigenvalue weighted by molar-refractivity contribution is 5.51. The molecule has 2 saturated heterocycles. The van der Waals surface area contributed by atoms with Gasteiger partial charge in [-0.05, 0) is 20.3 Å². The molecule has 2 aliphatic heterocycles. The van der Waals surface area contributed by atoms with E-state index in [1.807, 2.05) is 20.0 Å². The van der Waals surface area contributed by atoms with Gasteiger partial charge in [-0.15, -0.1) is 0 Å². The molecular weight excluding hydrogens is 214 g/mol. The third-order valence-electron chi connectivity index (χ3n) is 3.46. The highest BCUT2D eigenvalue weighted by Crippen LogP contribution is 2.30. The Labute approximate surface area is 102 Å². The van der Waals surface area contributed by atoms with Gasteiger partial charge in [0.2, 0.25) is 0 Å². The van der Waals surface area contributed by atoms with Gasteiger partial charge >= 0.3 is 0 Å². The molecule has 2 fully saturated rings. The van der Waals surface area contributed by atoms with Crippen LogP contribution < -0.4 is 15.0 Å². The van der Waals surface area contributed by atoms with E-state index in [9.17, 15) is 0 Å². The summed E-state index contributed by atoms with van der Waals surface area (Å²) in [6.45, 7) is 6.26. The summed E-state index contributed by atoms with van der Waals surface area (Å²) in [6, 6.07) is 3.40. The Morgan fingerprint density at radius 1 is 1.47 bits per heavy atom. The van der Waals surface area contributed by atoms with Crippen LogP contribution in [0.3, 0.4) is 0 Å². The lowest BCUT2D eigenvalue weighted by molar-refractivity contribution is 0.241. The van der Waals surface area contributed by atoms with E-state index in [0.717, 1.165) is 18.8 Å². The smallest absolute Gasteiger partial charge is 0.140 e. The Morgan fingerprint density at radius 2 is 2.35 bits per heavy atom. The number of rotatable bonds is 3. The van der Waals surface area contributed by atoms with Gasteiger partial charge in [0.25, 0.3) is 0 Å². The molecule has 1 aromatic rings. The van der Waals surface area contributed by atoms with Crippen molar-refractivity contribution in [2.75, 3.05) is 18.0 Å². The predicted molar refractivity (Wildman–Crippen MR) is 67.5 cm³/mol. The first-order valence-electron chi connectivity index (χ1n) is 6.34. The van der Waals surface area contributed by atoms with Crippen molar-refractivity contribution in [1.82, 2.24) is 10.3 Å². The normalized spacial score (nSPS) is 26.9. The molecule has 17 heavy (non-hydrogen) atoms. The van der Waals surface area contributed by atoms with Crippen LogP contribution in [0.5, 0.6) is 5.75 Å². The van der Waals surface area contributed by atoms with Crippen LogP contribution in [0.1, 0.15) is 20.3 Å². The number of anilines is 1. The summed E-state index contributed by atoms with van der Waals surface area (Å²) in [5, 5.41) is 3.51. The highest BCUT2D eigenvalue weighted by atomic mass is 16.5. The fourth-order valence-electron chi connectivity index (χ4n) is 2.78. The molecule has 4 nitrogen and oxygen atoms in total. The number of pyridine rings is 1. The SMILES string of the molecule is CC(C)Oc1cncc(N2C[C@@H]3C[C@H]2CN3)c1. The van der Waals surface area contributed by atoms with Gasteiger partial charge in [0.1, 0.15) is 5.75 Å². The minimum atomic E-state index is 0.198. The van der Waals surface area contributed by atoms with Gasteiger partial charge < -0.3 is 15.0 Å². The van der Waals surface area contributed by atoms with Gasteiger partial charge in [-0.3, -0.25) is 4.98 Å². The third kappa shape index (κ3) is 2.09. The second-order valence-electron chi connectivity index (χ2n) is 5.19. The van der Waals surface area contributed by atoms with Crippen molar-refractivity contribution in [3.63, 3.8) is 0 Å². The van der Waals surface area contributed by atoms with E-state index in [-0.39, 0.29) is 6.10 Å². The zero-order chi connectivity index (χ0) is 11.8. The van der Waals surface area contributed by atoms with Gasteiger partial charge in [0, 0.05) is 31.2 Å². The quantitative estimate of drug-likeness (QED) is 0.856. The fraction of sp³-hybridized carbons (Fsp3) is 0.615. The molecule has 0 aromatic carbocycles. The van der Waals surface area contributed by atoms with Crippen LogP contribution in [0.2, 0.25) is 0 Å². The number of nitrogens with one attached hydrogen (secondary N) is 1. The summed E-state index contributed by atoms with van der Waals surface area (Å²) in [6.07, 6.45) is 5.18. The summed E-state index contributed by atoms with van der Waals surface area (Å²) < 4.78 is 5.69. The minimum Gasteiger partial charge on any atom is -0.489 e. The molecule has 0 unspecified atom stereocenters. The Kier molecular flexibility index (Phi) is 2.67. The molecule has 2 bridgehead atoms. The van der Waals surface area contributed by atoms with Crippen molar-refractivity contribution in [2.45, 2.75) is 38.5 Å². The number of fused-ring (bicyclic) bond motifs is 2. The maximum absolute atomic E-state index is 5.69. The first kappa shape index (κ1) is 10.8. The molecule has 1 aromatic heterocycles. The Bertz CT molecular complexity index is 407. The second-order valence-corrected chi connectivity index (χ2v) is 5.19. The lowest BCUT2D eigenvalue weighted by Crippen LogP contribution is -2.43. The van der Waals surface area contributed by atoms with Crippen LogP contribution in [-0.2, 0) is 0 Å². The molecule has 92 valence electrons. The third-order valence-corrected chi connectivity index (χ3v) is 3.46. The van der Waals surface area contributed by atoms with Crippen molar-refractivity contribution in [3.8, 4) is 5.75 Å². The van der Waals surface area contributed by atoms with Crippen LogP contribution in [0.15, 0.2) is 18.5 Å². The Morgan fingerprint density at radius 3 is 3.00 bits per heavy atom. The molecule has 1 N–H and O–H groups in total. The fourth-order valence-corrected chi connectivity index (χ4v) is 2.78. The number of hydrogen-bond acceptors (Lipinski definition) is 4. The zero-order valence-corrected chi connectivity index (χ0v) is 10.4. The first-order valence-corrected chi connectivity index (χ1v) is 6.34. The van der Waals surface area contributed by atoms with Crippen molar-refractivity contribution in [3.05, 3.63) is 18.5 Å². The van der Waals surface area contributed by atoms with E-state index in [4.69, 9.17) is 4.74 Å². The Balaban J connectivity index is 1.79. The van der Waals surface area contributed by atoms with E-state index in [1.165, 1.54) is 12.1 Å². The van der Waals surface area contributed by atoms with Crippen molar-refractivity contribution >= 4 is 5.69 Å². The van der Waals surface area contributed by atoms with Gasteiger partial charge in [-0.1, -0.05) is 0 Å². The van der Waals surface area contributed by atoms with Crippen LogP contribution in [0, 0.1) is 0 Å². The van der Waals surface area contributed by atoms with Gasteiger partial charge in [0.15, 0.2) is 0 Å². The van der Waals surface area contributed by atoms with Crippen LogP contribution in [-0.4, -0.2) is 36.3 Å². The summed E-state index contributed by atoms with van der Waals surface area (Å²) in [4.78, 5) is 6.72. The van der Waals surface area contributed by atoms with Crippen LogP contribution in [0.25, 0.3) is 0 Å². The van der Waals surface area contributed by atoms with Gasteiger partial charge in [-0.25, -0.2) is 0 Å². The maximum atomic E-state index is 5.69. The van der Waals surface area contributed by atoms with Gasteiger partial charge in [-0.2, -0.15) is 0 Å². The van der Waals surface area contributed by atoms with E-state index in [2.05, 4.69) is 21.3 Å². The molecule has 0 spiro atoms. The highest BCUT2D eigenvalue weighted by Gasteiger charge is 2.37. The molecular formula is C13H19N3O. The first-order chi connectivity index (χ1) is 8.22. The lowest BCUT2D eigenvalue weighted by Gasteiger charge is -2.29. The van der Waals surface area contributed by atoms with E-state index in [0.29, 0.717) is 12.1 Å². The maximum Gasteiger partial charge on any atom is 0.140 e. The molecule has 0 radical (unpaired) electrons. The topological polar surface area (TPSA) is 37.4 Å². The average molecular weight is 233 g/mol. The lowest BCUT2D eigenvalue weighted by atomic mass is 10.2. The standard InChI is InChI=1S/C13H19N3O/c1-9(2)17-13-4-12(5-14-7-13)16-8-10-3-11(16)6-15-10/h4-5,7,9-11,15H,3,6,8H2,1-2H3/t10-,11-/m0/s1. The summed E-state index contributed by atoms with van der Waals surface area (Å²) in [5.41, 5.74) is 1.19. The molecule has 2 aliphatic rings. The molecule has 0 amide bonds. The van der Waals surface area contributed by atoms with E-state index < -0.39 is 0 Å². The predicted octanol–water partition coefficient (Wildman–Crippen LogP) is 1.42. The van der Waals surface area contributed by atoms with Crippen molar-refractivity contribution < 1.29 is 4.74 Å². The Hall–Kier alpha value is -1.29. The molecule has 3 rings (SSSR count). The second kappa shape index (κ2) is 4.18. The van der Waals surface area contributed by atoms with Crippen LogP contribution >= 0.6 is 0 Å².